The minimum Gasteiger partial charge on any atom is -0.444 e. The van der Waals surface area contributed by atoms with E-state index in [0.29, 0.717) is 17.3 Å². The van der Waals surface area contributed by atoms with E-state index in [9.17, 15) is 10.1 Å². The van der Waals surface area contributed by atoms with Crippen LogP contribution in [0.25, 0.3) is 17.0 Å². The normalized spacial score (nSPS) is 11.6. The molecule has 0 atom stereocenters. The van der Waals surface area contributed by atoms with Crippen molar-refractivity contribution in [2.45, 2.75) is 39.8 Å². The molecule has 3 rings (SSSR count). The average Bonchev–Trinajstić information content (AvgIpc) is 3.36. The maximum Gasteiger partial charge on any atom is 0.407 e. The lowest BCUT2D eigenvalue weighted by molar-refractivity contribution is 0.0523. The van der Waals surface area contributed by atoms with Crippen molar-refractivity contribution in [3.05, 3.63) is 47.7 Å². The van der Waals surface area contributed by atoms with E-state index in [2.05, 4.69) is 36.2 Å². The number of aryl methyl sites for hydroxylation is 1. The van der Waals surface area contributed by atoms with Gasteiger partial charge in [0.1, 0.15) is 28.7 Å². The molecule has 160 valence electrons. The highest BCUT2D eigenvalue weighted by Gasteiger charge is 2.17. The molecule has 2 aromatic heterocycles. The minimum absolute atomic E-state index is 0.196. The Bertz CT molecular complexity index is 1100. The molecule has 3 N–H and O–H groups in total. The van der Waals surface area contributed by atoms with Gasteiger partial charge in [0.2, 0.25) is 11.7 Å². The van der Waals surface area contributed by atoms with E-state index in [0.717, 1.165) is 11.3 Å². The lowest BCUT2D eigenvalue weighted by atomic mass is 10.2. The van der Waals surface area contributed by atoms with E-state index in [1.807, 2.05) is 30.3 Å². The molecule has 11 heteroatoms. The minimum atomic E-state index is -0.571. The van der Waals surface area contributed by atoms with E-state index >= 15 is 0 Å². The lowest BCUT2D eigenvalue weighted by Crippen LogP contribution is -2.32. The lowest BCUT2D eigenvalue weighted by Gasteiger charge is -2.19. The molecular weight excluding hydrogens is 400 g/mol. The van der Waals surface area contributed by atoms with E-state index in [-0.39, 0.29) is 17.9 Å². The molecule has 11 nitrogen and oxygen atoms in total. The molecule has 0 aliphatic carbocycles. The van der Waals surface area contributed by atoms with Crippen LogP contribution in [-0.2, 0) is 11.3 Å². The fourth-order valence-electron chi connectivity index (χ4n) is 2.47. The number of oxazole rings is 1. The van der Waals surface area contributed by atoms with Gasteiger partial charge in [-0.1, -0.05) is 0 Å². The van der Waals surface area contributed by atoms with E-state index in [1.54, 1.807) is 27.7 Å². The number of alkyl carbamates (subject to hydrolysis) is 1. The predicted molar refractivity (Wildman–Crippen MR) is 111 cm³/mol. The summed E-state index contributed by atoms with van der Waals surface area (Å²) in [6.07, 6.45) is 0.979. The zero-order valence-corrected chi connectivity index (χ0v) is 17.6. The summed E-state index contributed by atoms with van der Waals surface area (Å²) in [4.78, 5) is 16.3. The molecular formula is C20H22N8O3. The summed E-state index contributed by atoms with van der Waals surface area (Å²) in [5.41, 5.74) is 1.79. The van der Waals surface area contributed by atoms with Crippen molar-refractivity contribution in [3.8, 4) is 17.5 Å². The highest BCUT2D eigenvalue weighted by atomic mass is 16.6. The van der Waals surface area contributed by atoms with Crippen LogP contribution in [0, 0.1) is 18.3 Å². The van der Waals surface area contributed by atoms with Gasteiger partial charge >= 0.3 is 6.09 Å². The zero-order valence-electron chi connectivity index (χ0n) is 17.6. The number of anilines is 1. The molecule has 31 heavy (non-hydrogen) atoms. The maximum atomic E-state index is 11.8. The molecule has 0 unspecified atom stereocenters. The monoisotopic (exact) mass is 422 g/mol. The van der Waals surface area contributed by atoms with Crippen LogP contribution in [0.5, 0.6) is 0 Å². The Morgan fingerprint density at radius 3 is 2.68 bits per heavy atom. The Morgan fingerprint density at radius 1 is 1.32 bits per heavy atom. The van der Waals surface area contributed by atoms with Crippen LogP contribution in [-0.4, -0.2) is 37.3 Å². The predicted octanol–water partition coefficient (Wildman–Crippen LogP) is 3.16. The number of tetrazole rings is 1. The van der Waals surface area contributed by atoms with Gasteiger partial charge in [0.15, 0.2) is 0 Å². The van der Waals surface area contributed by atoms with Crippen LogP contribution in [0.4, 0.5) is 10.5 Å². The number of rotatable bonds is 6. The summed E-state index contributed by atoms with van der Waals surface area (Å²) in [5.74, 6) is 1.24. The van der Waals surface area contributed by atoms with Crippen molar-refractivity contribution in [2.24, 2.45) is 0 Å². The molecule has 0 aliphatic rings. The summed E-state index contributed by atoms with van der Waals surface area (Å²) >= 11 is 0. The van der Waals surface area contributed by atoms with Gasteiger partial charge in [0.25, 0.3) is 0 Å². The van der Waals surface area contributed by atoms with Crippen molar-refractivity contribution in [1.29, 1.82) is 5.26 Å². The number of aromatic amines is 1. The Balaban J connectivity index is 1.64. The maximum absolute atomic E-state index is 11.8. The SMILES string of the molecule is Cc1oc(-c2ccc(NC=C(C#N)c3nn[nH]n3)cc2)nc1CNC(=O)OC(C)(C)C. The highest BCUT2D eigenvalue weighted by molar-refractivity contribution is 5.74. The molecule has 1 aromatic carbocycles. The van der Waals surface area contributed by atoms with Crippen molar-refractivity contribution in [3.63, 3.8) is 0 Å². The Labute approximate surface area is 178 Å². The number of benzene rings is 1. The number of hydrogen-bond acceptors (Lipinski definition) is 9. The average molecular weight is 422 g/mol. The number of H-pyrrole nitrogens is 1. The largest absolute Gasteiger partial charge is 0.444 e. The van der Waals surface area contributed by atoms with Crippen LogP contribution < -0.4 is 10.6 Å². The Hall–Kier alpha value is -4.20. The number of carbonyl (C=O) groups is 1. The summed E-state index contributed by atoms with van der Waals surface area (Å²) < 4.78 is 11.0. The number of allylic oxidation sites excluding steroid dienone is 1. The Kier molecular flexibility index (Phi) is 6.30. The number of amides is 1. The van der Waals surface area contributed by atoms with Crippen LogP contribution in [0.15, 0.2) is 34.9 Å². The summed E-state index contributed by atoms with van der Waals surface area (Å²) in [6.45, 7) is 7.37. The second-order valence-electron chi connectivity index (χ2n) is 7.50. The fourth-order valence-corrected chi connectivity index (χ4v) is 2.47. The summed E-state index contributed by atoms with van der Waals surface area (Å²) in [5, 5.41) is 28.2. The molecule has 0 saturated carbocycles. The van der Waals surface area contributed by atoms with E-state index < -0.39 is 11.7 Å². The van der Waals surface area contributed by atoms with Crippen LogP contribution in [0.1, 0.15) is 38.0 Å². The number of ether oxygens (including phenoxy) is 1. The topological polar surface area (TPSA) is 155 Å². The van der Waals surface area contributed by atoms with Crippen molar-refractivity contribution < 1.29 is 13.9 Å². The van der Waals surface area contributed by atoms with E-state index in [4.69, 9.17) is 9.15 Å². The van der Waals surface area contributed by atoms with Gasteiger partial charge in [-0.05, 0) is 57.2 Å². The molecule has 0 bridgehead atoms. The number of nitrogens with zero attached hydrogens (tertiary/aromatic N) is 5. The first kappa shape index (κ1) is 21.5. The second kappa shape index (κ2) is 9.08. The standard InChI is InChI=1S/C20H22N8O3/c1-12-16(11-23-19(29)31-20(2,3)4)24-18(30-12)13-5-7-15(8-6-13)22-10-14(9-21)17-25-27-28-26-17/h5-8,10,22H,11H2,1-4H3,(H,23,29)(H,25,26,27,28). The van der Waals surface area contributed by atoms with Crippen molar-refractivity contribution in [1.82, 2.24) is 30.9 Å². The van der Waals surface area contributed by atoms with Gasteiger partial charge in [-0.15, -0.1) is 10.2 Å². The smallest absolute Gasteiger partial charge is 0.407 e. The third kappa shape index (κ3) is 5.89. The quantitative estimate of drug-likeness (QED) is 0.508. The number of carbonyl (C=O) groups excluding carboxylic acids is 1. The number of nitriles is 1. The number of hydrogen-bond donors (Lipinski definition) is 3. The van der Waals surface area contributed by atoms with Crippen LogP contribution in [0.2, 0.25) is 0 Å². The second-order valence-corrected chi connectivity index (χ2v) is 7.50. The molecule has 0 spiro atoms. The molecule has 3 aromatic rings. The van der Waals surface area contributed by atoms with Crippen molar-refractivity contribution in [2.75, 3.05) is 5.32 Å². The first-order valence-corrected chi connectivity index (χ1v) is 9.39. The Morgan fingerprint density at radius 2 is 2.06 bits per heavy atom. The molecule has 1 amide bonds. The zero-order chi connectivity index (χ0) is 22.4. The first-order valence-electron chi connectivity index (χ1n) is 9.39. The highest BCUT2D eigenvalue weighted by Crippen LogP contribution is 2.23. The van der Waals surface area contributed by atoms with Crippen LogP contribution >= 0.6 is 0 Å². The number of nitrogens with one attached hydrogen (secondary N) is 3. The molecule has 2 heterocycles. The summed E-state index contributed by atoms with van der Waals surface area (Å²) in [6, 6.07) is 9.28. The number of aromatic nitrogens is 5. The summed E-state index contributed by atoms with van der Waals surface area (Å²) in [7, 11) is 0. The van der Waals surface area contributed by atoms with Crippen molar-refractivity contribution >= 4 is 17.4 Å². The van der Waals surface area contributed by atoms with Gasteiger partial charge in [-0.25, -0.2) is 9.78 Å². The molecule has 0 radical (unpaired) electrons. The van der Waals surface area contributed by atoms with Gasteiger partial charge in [0, 0.05) is 17.5 Å². The van der Waals surface area contributed by atoms with Gasteiger partial charge in [-0.3, -0.25) is 0 Å². The molecule has 0 saturated heterocycles. The van der Waals surface area contributed by atoms with E-state index in [1.165, 1.54) is 6.20 Å². The van der Waals surface area contributed by atoms with Gasteiger partial charge in [0.05, 0.1) is 6.54 Å². The molecule has 0 fully saturated rings. The third-order valence-corrected chi connectivity index (χ3v) is 3.91. The third-order valence-electron chi connectivity index (χ3n) is 3.91. The van der Waals surface area contributed by atoms with Gasteiger partial charge < -0.3 is 19.8 Å². The van der Waals surface area contributed by atoms with Gasteiger partial charge in [-0.2, -0.15) is 10.5 Å². The first-order chi connectivity index (χ1) is 14.7. The fraction of sp³-hybridized carbons (Fsp3) is 0.300. The molecule has 0 aliphatic heterocycles. The van der Waals surface area contributed by atoms with Crippen LogP contribution in [0.3, 0.4) is 0 Å².